The Morgan fingerprint density at radius 3 is 2.66 bits per heavy atom. The molecule has 2 aromatic rings. The molecule has 2 amide bonds. The highest BCUT2D eigenvalue weighted by molar-refractivity contribution is 6.25. The Morgan fingerprint density at radius 1 is 1.17 bits per heavy atom. The van der Waals surface area contributed by atoms with Crippen molar-refractivity contribution in [1.29, 1.82) is 0 Å². The second-order valence-corrected chi connectivity index (χ2v) is 8.61. The van der Waals surface area contributed by atoms with Gasteiger partial charge in [0, 0.05) is 50.4 Å². The van der Waals surface area contributed by atoms with Crippen molar-refractivity contribution in [3.8, 4) is 0 Å². The van der Waals surface area contributed by atoms with Crippen LogP contribution in [0.25, 0.3) is 5.57 Å². The number of carbonyl (C=O) groups is 2. The van der Waals surface area contributed by atoms with Gasteiger partial charge in [0.2, 0.25) is 0 Å². The number of carbonyl (C=O) groups excluding carboxylic acids is 2. The van der Waals surface area contributed by atoms with Gasteiger partial charge in [0.15, 0.2) is 5.82 Å². The number of fused-ring (bicyclic) bond motifs is 1. The van der Waals surface area contributed by atoms with Gasteiger partial charge in [-0.05, 0) is 30.2 Å². The summed E-state index contributed by atoms with van der Waals surface area (Å²) in [7, 11) is 0. The quantitative estimate of drug-likeness (QED) is 0.612. The topological polar surface area (TPSA) is 123 Å². The van der Waals surface area contributed by atoms with Gasteiger partial charge in [-0.15, -0.1) is 0 Å². The van der Waals surface area contributed by atoms with Crippen LogP contribution in [0.1, 0.15) is 28.2 Å². The first kappa shape index (κ1) is 23.2. The van der Waals surface area contributed by atoms with Crippen molar-refractivity contribution in [2.75, 3.05) is 49.7 Å². The molecular weight excluding hydrogens is 455 g/mol. The number of anilines is 2. The van der Waals surface area contributed by atoms with Crippen LogP contribution in [0.15, 0.2) is 36.8 Å². The molecule has 2 saturated heterocycles. The Bertz CT molecular complexity index is 1140. The van der Waals surface area contributed by atoms with Crippen molar-refractivity contribution in [2.45, 2.75) is 25.2 Å². The Balaban J connectivity index is 1.47. The molecule has 1 aromatic heterocycles. The third-order valence-electron chi connectivity index (χ3n) is 6.52. The van der Waals surface area contributed by atoms with Gasteiger partial charge in [-0.25, -0.2) is 14.4 Å². The molecule has 0 bridgehead atoms. The smallest absolute Gasteiger partial charge is 0.261 e. The Hall–Kier alpha value is -3.57. The van der Waals surface area contributed by atoms with Gasteiger partial charge in [0.25, 0.3) is 11.8 Å². The van der Waals surface area contributed by atoms with Crippen molar-refractivity contribution in [2.24, 2.45) is 5.73 Å². The molecular formula is C24H27FN6O4. The van der Waals surface area contributed by atoms with E-state index in [0.717, 1.165) is 5.56 Å². The molecule has 5 rings (SSSR count). The molecule has 2 atom stereocenters. The summed E-state index contributed by atoms with van der Waals surface area (Å²) in [6, 6.07) is 4.70. The van der Waals surface area contributed by atoms with E-state index in [1.54, 1.807) is 23.1 Å². The summed E-state index contributed by atoms with van der Waals surface area (Å²) in [6.07, 6.45) is 3.44. The minimum Gasteiger partial charge on any atom is -0.404 e. The van der Waals surface area contributed by atoms with E-state index in [-0.39, 0.29) is 30.5 Å². The average Bonchev–Trinajstić information content (AvgIpc) is 3.20. The number of hydrogen-bond acceptors (Lipinski definition) is 8. The Labute approximate surface area is 201 Å². The number of ether oxygens (including phenoxy) is 2. The van der Waals surface area contributed by atoms with E-state index in [9.17, 15) is 14.0 Å². The molecule has 2 fully saturated rings. The van der Waals surface area contributed by atoms with Crippen LogP contribution in [0, 0.1) is 0 Å². The second kappa shape index (κ2) is 9.96. The number of amides is 2. The van der Waals surface area contributed by atoms with Crippen molar-refractivity contribution < 1.29 is 23.5 Å². The fourth-order valence-corrected chi connectivity index (χ4v) is 4.73. The number of benzene rings is 1. The lowest BCUT2D eigenvalue weighted by molar-refractivity contribution is -0.111. The number of morpholine rings is 1. The molecule has 3 aliphatic heterocycles. The van der Waals surface area contributed by atoms with Crippen LogP contribution in [0.4, 0.5) is 15.8 Å². The largest absolute Gasteiger partial charge is 0.404 e. The molecule has 1 aromatic carbocycles. The third kappa shape index (κ3) is 4.56. The van der Waals surface area contributed by atoms with Crippen LogP contribution in [-0.4, -0.2) is 78.4 Å². The van der Waals surface area contributed by atoms with Crippen LogP contribution in [0.3, 0.4) is 0 Å². The highest BCUT2D eigenvalue weighted by Crippen LogP contribution is 2.37. The standard InChI is InChI=1S/C24H27FN6O4/c25-18-14-35-7-2-20(18)31-13-15-10-19(29-23(32)17(12-26)22-27-3-1-4-28-22)21(11-16(15)24(31)33)30-5-8-34-9-6-30/h1,3-4,10-12,18,20H,2,5-9,13-14,26H2,(H,29,32)/b17-12+/t18-,20-/m1/s1. The minimum atomic E-state index is -1.23. The number of nitrogens with one attached hydrogen (secondary N) is 1. The molecule has 0 saturated carbocycles. The fourth-order valence-electron chi connectivity index (χ4n) is 4.73. The van der Waals surface area contributed by atoms with Gasteiger partial charge in [-0.3, -0.25) is 9.59 Å². The first-order valence-corrected chi connectivity index (χ1v) is 11.6. The van der Waals surface area contributed by atoms with E-state index in [1.807, 2.05) is 0 Å². The van der Waals surface area contributed by atoms with Gasteiger partial charge in [-0.2, -0.15) is 0 Å². The number of hydrogen-bond donors (Lipinski definition) is 2. The number of alkyl halides is 1. The Kier molecular flexibility index (Phi) is 6.60. The summed E-state index contributed by atoms with van der Waals surface area (Å²) in [4.78, 5) is 38.3. The monoisotopic (exact) mass is 482 g/mol. The molecule has 0 spiro atoms. The molecule has 10 nitrogen and oxygen atoms in total. The Morgan fingerprint density at radius 2 is 1.94 bits per heavy atom. The van der Waals surface area contributed by atoms with Crippen LogP contribution in [0.2, 0.25) is 0 Å². The number of nitrogens with two attached hydrogens (primary N) is 1. The summed E-state index contributed by atoms with van der Waals surface area (Å²) in [5, 5.41) is 2.93. The molecule has 3 aliphatic rings. The lowest BCUT2D eigenvalue weighted by Crippen LogP contribution is -2.47. The van der Waals surface area contributed by atoms with Crippen LogP contribution < -0.4 is 16.0 Å². The average molecular weight is 483 g/mol. The van der Waals surface area contributed by atoms with E-state index in [1.165, 1.54) is 18.6 Å². The maximum Gasteiger partial charge on any atom is 0.261 e. The van der Waals surface area contributed by atoms with Crippen molar-refractivity contribution in [1.82, 2.24) is 14.9 Å². The molecule has 3 N–H and O–H groups in total. The highest BCUT2D eigenvalue weighted by Gasteiger charge is 2.39. The minimum absolute atomic E-state index is 0.0130. The first-order valence-electron chi connectivity index (χ1n) is 11.6. The zero-order valence-corrected chi connectivity index (χ0v) is 19.2. The van der Waals surface area contributed by atoms with Gasteiger partial charge in [-0.1, -0.05) is 0 Å². The SMILES string of the molecule is N/C=C(/C(=O)Nc1cc2c(cc1N1CCOCC1)C(=O)N([C@@H]1CCOC[C@H]1F)C2)c1ncccn1. The van der Waals surface area contributed by atoms with Gasteiger partial charge >= 0.3 is 0 Å². The molecule has 35 heavy (non-hydrogen) atoms. The van der Waals surface area contributed by atoms with E-state index in [2.05, 4.69) is 20.2 Å². The predicted octanol–water partition coefficient (Wildman–Crippen LogP) is 1.33. The van der Waals surface area contributed by atoms with Crippen LogP contribution in [-0.2, 0) is 20.8 Å². The first-order chi connectivity index (χ1) is 17.1. The number of rotatable bonds is 5. The molecule has 11 heteroatoms. The lowest BCUT2D eigenvalue weighted by atomic mass is 10.1. The maximum atomic E-state index is 14.6. The number of nitrogens with zero attached hydrogens (tertiary/aromatic N) is 4. The predicted molar refractivity (Wildman–Crippen MR) is 126 cm³/mol. The maximum absolute atomic E-state index is 14.6. The van der Waals surface area contributed by atoms with E-state index >= 15 is 0 Å². The molecule has 0 unspecified atom stereocenters. The highest BCUT2D eigenvalue weighted by atomic mass is 19.1. The van der Waals surface area contributed by atoms with E-state index in [0.29, 0.717) is 56.3 Å². The summed E-state index contributed by atoms with van der Waals surface area (Å²) < 4.78 is 25.3. The van der Waals surface area contributed by atoms with Crippen molar-refractivity contribution in [3.63, 3.8) is 0 Å². The zero-order chi connectivity index (χ0) is 24.4. The van der Waals surface area contributed by atoms with Crippen LogP contribution >= 0.6 is 0 Å². The van der Waals surface area contributed by atoms with Crippen molar-refractivity contribution >= 4 is 28.8 Å². The summed E-state index contributed by atoms with van der Waals surface area (Å²) in [5.74, 6) is -0.471. The fraction of sp³-hybridized carbons (Fsp3) is 0.417. The normalized spacial score (nSPS) is 22.8. The van der Waals surface area contributed by atoms with Crippen molar-refractivity contribution in [3.05, 3.63) is 53.7 Å². The molecule has 0 radical (unpaired) electrons. The summed E-state index contributed by atoms with van der Waals surface area (Å²) in [6.45, 7) is 2.94. The summed E-state index contributed by atoms with van der Waals surface area (Å²) >= 11 is 0. The zero-order valence-electron chi connectivity index (χ0n) is 19.2. The third-order valence-corrected chi connectivity index (χ3v) is 6.52. The molecule has 4 heterocycles. The lowest BCUT2D eigenvalue weighted by Gasteiger charge is -2.33. The number of aromatic nitrogens is 2. The van der Waals surface area contributed by atoms with Gasteiger partial charge in [0.05, 0.1) is 42.8 Å². The number of halogens is 1. The molecule has 184 valence electrons. The van der Waals surface area contributed by atoms with Gasteiger partial charge < -0.3 is 30.3 Å². The van der Waals surface area contributed by atoms with E-state index in [4.69, 9.17) is 15.2 Å². The van der Waals surface area contributed by atoms with E-state index < -0.39 is 18.1 Å². The molecule has 0 aliphatic carbocycles. The summed E-state index contributed by atoms with van der Waals surface area (Å²) in [5.41, 5.74) is 8.34. The second-order valence-electron chi connectivity index (χ2n) is 8.61. The van der Waals surface area contributed by atoms with Crippen LogP contribution in [0.5, 0.6) is 0 Å². The van der Waals surface area contributed by atoms with Gasteiger partial charge in [0.1, 0.15) is 6.17 Å².